The summed E-state index contributed by atoms with van der Waals surface area (Å²) in [5.74, 6) is -2.70. The fraction of sp³-hybridized carbons (Fsp3) is 0.600. The number of nitrogens with zero attached hydrogens (tertiary/aromatic N) is 1. The average Bonchev–Trinajstić information content (AvgIpc) is 3.31. The first-order valence-electron chi connectivity index (χ1n) is 12.0. The summed E-state index contributed by atoms with van der Waals surface area (Å²) >= 11 is 0. The van der Waals surface area contributed by atoms with Gasteiger partial charge in [0.25, 0.3) is 0 Å². The summed E-state index contributed by atoms with van der Waals surface area (Å²) in [6, 6.07) is 5.58. The number of aliphatic carboxylic acids is 1. The van der Waals surface area contributed by atoms with E-state index in [1.54, 1.807) is 24.3 Å². The number of rotatable bonds is 11. The fourth-order valence-electron chi connectivity index (χ4n) is 4.04. The van der Waals surface area contributed by atoms with Gasteiger partial charge >= 0.3 is 5.97 Å². The number of benzene rings is 1. The van der Waals surface area contributed by atoms with Crippen LogP contribution < -0.4 is 16.4 Å². The number of amides is 3. The molecule has 5 unspecified atom stereocenters. The van der Waals surface area contributed by atoms with E-state index in [9.17, 15) is 24.3 Å². The molecular weight excluding hydrogens is 436 g/mol. The van der Waals surface area contributed by atoms with E-state index in [2.05, 4.69) is 10.6 Å². The van der Waals surface area contributed by atoms with Crippen LogP contribution in [-0.4, -0.2) is 64.4 Å². The Balaban J connectivity index is 2.13. The molecule has 0 aromatic heterocycles. The van der Waals surface area contributed by atoms with Gasteiger partial charge in [-0.05, 0) is 30.2 Å². The van der Waals surface area contributed by atoms with Crippen molar-refractivity contribution in [3.8, 4) is 0 Å². The molecule has 5 N–H and O–H groups in total. The summed E-state index contributed by atoms with van der Waals surface area (Å²) in [6.45, 7) is 7.86. The Morgan fingerprint density at radius 2 is 1.76 bits per heavy atom. The summed E-state index contributed by atoms with van der Waals surface area (Å²) in [5.41, 5.74) is 6.80. The van der Waals surface area contributed by atoms with Crippen molar-refractivity contribution < 1.29 is 24.3 Å². The minimum atomic E-state index is -1.15. The lowest BCUT2D eigenvalue weighted by atomic mass is 9.96. The highest BCUT2D eigenvalue weighted by Crippen LogP contribution is 2.21. The molecule has 3 amide bonds. The Hall–Kier alpha value is -2.94. The van der Waals surface area contributed by atoms with Crippen molar-refractivity contribution in [2.24, 2.45) is 17.6 Å². The van der Waals surface area contributed by atoms with Crippen LogP contribution in [0.15, 0.2) is 30.3 Å². The lowest BCUT2D eigenvalue weighted by molar-refractivity contribution is -0.143. The van der Waals surface area contributed by atoms with E-state index in [0.29, 0.717) is 25.8 Å². The number of hydrogen-bond donors (Lipinski definition) is 4. The van der Waals surface area contributed by atoms with Gasteiger partial charge in [-0.25, -0.2) is 4.79 Å². The average molecular weight is 475 g/mol. The zero-order chi connectivity index (χ0) is 25.4. The highest BCUT2D eigenvalue weighted by Gasteiger charge is 2.39. The molecule has 1 aliphatic heterocycles. The zero-order valence-electron chi connectivity index (χ0n) is 20.5. The third kappa shape index (κ3) is 7.03. The SMILES string of the molecule is CCC(C)C(NC(=O)C1CCCN1C(=O)C(N)C(C)C)C(=O)NC(Cc1ccccc1)C(=O)O. The van der Waals surface area contributed by atoms with Crippen LogP contribution in [0.4, 0.5) is 0 Å². The Morgan fingerprint density at radius 1 is 1.12 bits per heavy atom. The third-order valence-electron chi connectivity index (χ3n) is 6.53. The fourth-order valence-corrected chi connectivity index (χ4v) is 4.04. The van der Waals surface area contributed by atoms with Gasteiger partial charge in [0, 0.05) is 13.0 Å². The van der Waals surface area contributed by atoms with E-state index < -0.39 is 42.0 Å². The number of likely N-dealkylation sites (tertiary alicyclic amines) is 1. The summed E-state index contributed by atoms with van der Waals surface area (Å²) in [7, 11) is 0. The maximum atomic E-state index is 13.2. The van der Waals surface area contributed by atoms with Crippen LogP contribution in [0.3, 0.4) is 0 Å². The number of nitrogens with two attached hydrogens (primary N) is 1. The summed E-state index contributed by atoms with van der Waals surface area (Å²) in [4.78, 5) is 52.4. The summed E-state index contributed by atoms with van der Waals surface area (Å²) in [6.07, 6.45) is 1.89. The van der Waals surface area contributed by atoms with E-state index in [1.807, 2.05) is 33.8 Å². The molecule has 1 fully saturated rings. The molecule has 2 rings (SSSR count). The minimum absolute atomic E-state index is 0.0620. The molecule has 0 spiro atoms. The van der Waals surface area contributed by atoms with Gasteiger partial charge in [-0.2, -0.15) is 0 Å². The summed E-state index contributed by atoms with van der Waals surface area (Å²) in [5, 5.41) is 15.0. The number of nitrogens with one attached hydrogen (secondary N) is 2. The van der Waals surface area contributed by atoms with Crippen molar-refractivity contribution in [1.29, 1.82) is 0 Å². The maximum absolute atomic E-state index is 13.2. The van der Waals surface area contributed by atoms with Crippen LogP contribution in [0.5, 0.6) is 0 Å². The van der Waals surface area contributed by atoms with E-state index in [4.69, 9.17) is 5.73 Å². The lowest BCUT2D eigenvalue weighted by Crippen LogP contribution is -2.58. The molecule has 1 aliphatic rings. The van der Waals surface area contributed by atoms with Gasteiger partial charge in [-0.1, -0.05) is 64.4 Å². The number of carboxylic acid groups (broad SMARTS) is 1. The van der Waals surface area contributed by atoms with Crippen LogP contribution in [0, 0.1) is 11.8 Å². The van der Waals surface area contributed by atoms with Crippen LogP contribution >= 0.6 is 0 Å². The molecule has 1 aromatic rings. The molecule has 5 atom stereocenters. The van der Waals surface area contributed by atoms with Gasteiger partial charge < -0.3 is 26.4 Å². The Labute approximate surface area is 201 Å². The van der Waals surface area contributed by atoms with Crippen LogP contribution in [0.25, 0.3) is 0 Å². The van der Waals surface area contributed by atoms with Gasteiger partial charge in [0.15, 0.2) is 0 Å². The minimum Gasteiger partial charge on any atom is -0.480 e. The second-order valence-corrected chi connectivity index (χ2v) is 9.42. The molecule has 0 saturated carbocycles. The molecule has 188 valence electrons. The number of carboxylic acids is 1. The Morgan fingerprint density at radius 3 is 2.32 bits per heavy atom. The van der Waals surface area contributed by atoms with Crippen molar-refractivity contribution in [1.82, 2.24) is 15.5 Å². The van der Waals surface area contributed by atoms with Gasteiger partial charge in [0.05, 0.1) is 6.04 Å². The van der Waals surface area contributed by atoms with Crippen molar-refractivity contribution in [3.05, 3.63) is 35.9 Å². The number of carbonyl (C=O) groups excluding carboxylic acids is 3. The molecule has 34 heavy (non-hydrogen) atoms. The molecule has 1 heterocycles. The van der Waals surface area contributed by atoms with E-state index in [1.165, 1.54) is 4.90 Å². The quantitative estimate of drug-likeness (QED) is 0.381. The number of hydrogen-bond acceptors (Lipinski definition) is 5. The summed E-state index contributed by atoms with van der Waals surface area (Å²) < 4.78 is 0. The van der Waals surface area contributed by atoms with Crippen molar-refractivity contribution in [3.63, 3.8) is 0 Å². The highest BCUT2D eigenvalue weighted by atomic mass is 16.4. The molecule has 9 heteroatoms. The first-order valence-corrected chi connectivity index (χ1v) is 12.0. The highest BCUT2D eigenvalue weighted by molar-refractivity contribution is 5.94. The van der Waals surface area contributed by atoms with E-state index in [0.717, 1.165) is 5.56 Å². The topological polar surface area (TPSA) is 142 Å². The van der Waals surface area contributed by atoms with Crippen LogP contribution in [0.2, 0.25) is 0 Å². The van der Waals surface area contributed by atoms with Crippen molar-refractivity contribution in [2.45, 2.75) is 77.5 Å². The molecule has 0 bridgehead atoms. The number of carbonyl (C=O) groups is 4. The zero-order valence-corrected chi connectivity index (χ0v) is 20.5. The van der Waals surface area contributed by atoms with Crippen LogP contribution in [-0.2, 0) is 25.6 Å². The first-order chi connectivity index (χ1) is 16.1. The smallest absolute Gasteiger partial charge is 0.326 e. The maximum Gasteiger partial charge on any atom is 0.326 e. The second kappa shape index (κ2) is 12.5. The van der Waals surface area contributed by atoms with Gasteiger partial charge in [-0.15, -0.1) is 0 Å². The molecule has 0 radical (unpaired) electrons. The second-order valence-electron chi connectivity index (χ2n) is 9.42. The predicted octanol–water partition coefficient (Wildman–Crippen LogP) is 1.30. The third-order valence-corrected chi connectivity index (χ3v) is 6.53. The predicted molar refractivity (Wildman–Crippen MR) is 129 cm³/mol. The van der Waals surface area contributed by atoms with Crippen LogP contribution in [0.1, 0.15) is 52.5 Å². The Bertz CT molecular complexity index is 860. The monoisotopic (exact) mass is 474 g/mol. The first kappa shape index (κ1) is 27.3. The molecule has 1 aromatic carbocycles. The molecule has 0 aliphatic carbocycles. The normalized spacial score (nSPS) is 19.2. The molecule has 1 saturated heterocycles. The lowest BCUT2D eigenvalue weighted by Gasteiger charge is -2.31. The Kier molecular flexibility index (Phi) is 10.0. The van der Waals surface area contributed by atoms with E-state index in [-0.39, 0.29) is 24.2 Å². The standard InChI is InChI=1S/C25H38N4O5/c1-5-16(4)21(23(31)27-18(25(33)34)14-17-10-7-6-8-11-17)28-22(30)19-12-9-13-29(19)24(32)20(26)15(2)3/h6-8,10-11,15-16,18-21H,5,9,12-14,26H2,1-4H3,(H,27,31)(H,28,30)(H,33,34). The van der Waals surface area contributed by atoms with E-state index >= 15 is 0 Å². The van der Waals surface area contributed by atoms with Gasteiger partial charge in [0.1, 0.15) is 18.1 Å². The van der Waals surface area contributed by atoms with Crippen molar-refractivity contribution in [2.75, 3.05) is 6.54 Å². The largest absolute Gasteiger partial charge is 0.480 e. The van der Waals surface area contributed by atoms with Gasteiger partial charge in [0.2, 0.25) is 17.7 Å². The molecule has 9 nitrogen and oxygen atoms in total. The molecular formula is C25H38N4O5. The van der Waals surface area contributed by atoms with Crippen molar-refractivity contribution >= 4 is 23.7 Å². The van der Waals surface area contributed by atoms with Gasteiger partial charge in [-0.3, -0.25) is 14.4 Å².